The lowest BCUT2D eigenvalue weighted by molar-refractivity contribution is -0.117. The van der Waals surface area contributed by atoms with Crippen molar-refractivity contribution in [2.75, 3.05) is 25.0 Å². The zero-order valence-electron chi connectivity index (χ0n) is 12.7. The zero-order valence-corrected chi connectivity index (χ0v) is 13.5. The number of carbonyl (C=O) groups is 1. The largest absolute Gasteiger partial charge is 0.494 e. The number of amides is 1. The van der Waals surface area contributed by atoms with Crippen molar-refractivity contribution in [2.24, 2.45) is 0 Å². The van der Waals surface area contributed by atoms with E-state index in [0.717, 1.165) is 30.9 Å². The Morgan fingerprint density at radius 1 is 1.32 bits per heavy atom. The van der Waals surface area contributed by atoms with E-state index in [4.69, 9.17) is 4.74 Å². The fourth-order valence-corrected chi connectivity index (χ4v) is 3.54. The molecule has 2 heterocycles. The molecule has 22 heavy (non-hydrogen) atoms. The van der Waals surface area contributed by atoms with Crippen LogP contribution in [-0.2, 0) is 17.8 Å². The highest BCUT2D eigenvalue weighted by molar-refractivity contribution is 7.10. The van der Waals surface area contributed by atoms with E-state index in [1.165, 1.54) is 10.4 Å². The summed E-state index contributed by atoms with van der Waals surface area (Å²) in [7, 11) is 0. The van der Waals surface area contributed by atoms with E-state index in [1.54, 1.807) is 0 Å². The predicted octanol–water partition coefficient (Wildman–Crippen LogP) is 3.14. The van der Waals surface area contributed by atoms with Gasteiger partial charge in [-0.1, -0.05) is 0 Å². The van der Waals surface area contributed by atoms with Gasteiger partial charge in [-0.15, -0.1) is 11.3 Å². The number of benzene rings is 1. The van der Waals surface area contributed by atoms with Crippen molar-refractivity contribution in [3.05, 3.63) is 46.2 Å². The fraction of sp³-hybridized carbons (Fsp3) is 0.353. The van der Waals surface area contributed by atoms with E-state index >= 15 is 0 Å². The van der Waals surface area contributed by atoms with Crippen LogP contribution in [0, 0.1) is 0 Å². The first-order chi connectivity index (χ1) is 10.7. The van der Waals surface area contributed by atoms with Gasteiger partial charge in [-0.2, -0.15) is 0 Å². The molecule has 1 aliphatic heterocycles. The molecule has 1 aliphatic rings. The minimum atomic E-state index is 0.0304. The van der Waals surface area contributed by atoms with Crippen LogP contribution in [0.15, 0.2) is 35.7 Å². The van der Waals surface area contributed by atoms with E-state index in [9.17, 15) is 4.79 Å². The van der Waals surface area contributed by atoms with E-state index in [-0.39, 0.29) is 5.91 Å². The molecule has 0 unspecified atom stereocenters. The van der Waals surface area contributed by atoms with Crippen LogP contribution >= 0.6 is 11.3 Å². The molecular formula is C17H20N2O2S. The van der Waals surface area contributed by atoms with Crippen molar-refractivity contribution in [3.8, 4) is 5.75 Å². The highest BCUT2D eigenvalue weighted by Gasteiger charge is 2.19. The van der Waals surface area contributed by atoms with E-state index in [0.29, 0.717) is 13.2 Å². The summed E-state index contributed by atoms with van der Waals surface area (Å²) in [6.45, 7) is 4.85. The average Bonchev–Trinajstić information content (AvgIpc) is 2.97. The molecule has 1 aromatic carbocycles. The monoisotopic (exact) mass is 316 g/mol. The van der Waals surface area contributed by atoms with Gasteiger partial charge in [-0.3, -0.25) is 9.69 Å². The lowest BCUT2D eigenvalue weighted by Crippen LogP contribution is -2.36. The van der Waals surface area contributed by atoms with Gasteiger partial charge in [0.25, 0.3) is 0 Å². The van der Waals surface area contributed by atoms with Gasteiger partial charge in [-0.05, 0) is 54.6 Å². The topological polar surface area (TPSA) is 41.6 Å². The van der Waals surface area contributed by atoms with Crippen molar-refractivity contribution in [3.63, 3.8) is 0 Å². The molecular weight excluding hydrogens is 296 g/mol. The molecule has 1 N–H and O–H groups in total. The summed E-state index contributed by atoms with van der Waals surface area (Å²) in [6.07, 6.45) is 1.04. The van der Waals surface area contributed by atoms with E-state index in [2.05, 4.69) is 21.7 Å². The Kier molecular flexibility index (Phi) is 4.75. The summed E-state index contributed by atoms with van der Waals surface area (Å²) >= 11 is 1.82. The number of nitrogens with zero attached hydrogens (tertiary/aromatic N) is 1. The second kappa shape index (κ2) is 6.94. The summed E-state index contributed by atoms with van der Waals surface area (Å²) < 4.78 is 5.39. The third kappa shape index (κ3) is 3.67. The van der Waals surface area contributed by atoms with E-state index in [1.807, 2.05) is 42.5 Å². The quantitative estimate of drug-likeness (QED) is 0.921. The summed E-state index contributed by atoms with van der Waals surface area (Å²) in [5.74, 6) is 0.851. The lowest BCUT2D eigenvalue weighted by Gasteiger charge is -2.26. The Bertz CT molecular complexity index is 636. The number of ether oxygens (including phenoxy) is 1. The normalized spacial score (nSPS) is 14.4. The fourth-order valence-electron chi connectivity index (χ4n) is 2.65. The molecule has 0 bridgehead atoms. The van der Waals surface area contributed by atoms with Crippen LogP contribution in [-0.4, -0.2) is 30.5 Å². The number of hydrogen-bond donors (Lipinski definition) is 1. The van der Waals surface area contributed by atoms with Crippen molar-refractivity contribution < 1.29 is 9.53 Å². The molecule has 3 rings (SSSR count). The molecule has 0 aliphatic carbocycles. The Morgan fingerprint density at radius 3 is 2.91 bits per heavy atom. The number of thiophene rings is 1. The smallest absolute Gasteiger partial charge is 0.238 e. The molecule has 4 nitrogen and oxygen atoms in total. The Morgan fingerprint density at radius 2 is 2.14 bits per heavy atom. The molecule has 0 saturated carbocycles. The first-order valence-electron chi connectivity index (χ1n) is 7.55. The average molecular weight is 316 g/mol. The maximum atomic E-state index is 12.2. The summed E-state index contributed by atoms with van der Waals surface area (Å²) in [5.41, 5.74) is 2.17. The van der Waals surface area contributed by atoms with Gasteiger partial charge < -0.3 is 10.1 Å². The number of rotatable bonds is 5. The Hall–Kier alpha value is -1.85. The summed E-state index contributed by atoms with van der Waals surface area (Å²) in [5, 5.41) is 5.08. The van der Waals surface area contributed by atoms with Crippen molar-refractivity contribution in [1.82, 2.24) is 4.90 Å². The maximum Gasteiger partial charge on any atom is 0.238 e. The van der Waals surface area contributed by atoms with Crippen LogP contribution in [0.5, 0.6) is 5.75 Å². The molecule has 116 valence electrons. The SMILES string of the molecule is CCOc1ccc(NC(=O)CN2CCc3sccc3C2)cc1. The van der Waals surface area contributed by atoms with Gasteiger partial charge >= 0.3 is 0 Å². The Labute approximate surface area is 134 Å². The molecule has 1 amide bonds. The highest BCUT2D eigenvalue weighted by atomic mass is 32.1. The molecule has 0 radical (unpaired) electrons. The first kappa shape index (κ1) is 15.1. The first-order valence-corrected chi connectivity index (χ1v) is 8.43. The van der Waals surface area contributed by atoms with Crippen LogP contribution in [0.25, 0.3) is 0 Å². The second-order valence-corrected chi connectivity index (χ2v) is 6.34. The zero-order chi connectivity index (χ0) is 15.4. The minimum absolute atomic E-state index is 0.0304. The minimum Gasteiger partial charge on any atom is -0.494 e. The van der Waals surface area contributed by atoms with Crippen LogP contribution < -0.4 is 10.1 Å². The second-order valence-electron chi connectivity index (χ2n) is 5.34. The predicted molar refractivity (Wildman–Crippen MR) is 89.5 cm³/mol. The number of carbonyl (C=O) groups excluding carboxylic acids is 1. The number of hydrogen-bond acceptors (Lipinski definition) is 4. The molecule has 5 heteroatoms. The van der Waals surface area contributed by atoms with Crippen molar-refractivity contribution >= 4 is 22.9 Å². The summed E-state index contributed by atoms with van der Waals surface area (Å²) in [4.78, 5) is 15.8. The van der Waals surface area contributed by atoms with Gasteiger partial charge in [0, 0.05) is 23.7 Å². The number of anilines is 1. The van der Waals surface area contributed by atoms with Crippen molar-refractivity contribution in [2.45, 2.75) is 19.9 Å². The molecule has 1 aromatic heterocycles. The van der Waals surface area contributed by atoms with Gasteiger partial charge in [-0.25, -0.2) is 0 Å². The van der Waals surface area contributed by atoms with Crippen LogP contribution in [0.2, 0.25) is 0 Å². The third-order valence-electron chi connectivity index (χ3n) is 3.70. The van der Waals surface area contributed by atoms with E-state index < -0.39 is 0 Å². The molecule has 0 saturated heterocycles. The standard InChI is InChI=1S/C17H20N2O2S/c1-2-21-15-5-3-14(4-6-15)18-17(20)12-19-9-7-16-13(11-19)8-10-22-16/h3-6,8,10H,2,7,9,11-12H2,1H3,(H,18,20). The van der Waals surface area contributed by atoms with Crippen LogP contribution in [0.1, 0.15) is 17.4 Å². The number of nitrogens with one attached hydrogen (secondary N) is 1. The molecule has 0 spiro atoms. The van der Waals surface area contributed by atoms with Crippen molar-refractivity contribution in [1.29, 1.82) is 0 Å². The molecule has 0 fully saturated rings. The van der Waals surface area contributed by atoms with Gasteiger partial charge in [0.15, 0.2) is 0 Å². The van der Waals surface area contributed by atoms with Gasteiger partial charge in [0.1, 0.15) is 5.75 Å². The number of fused-ring (bicyclic) bond motifs is 1. The Balaban J connectivity index is 1.52. The molecule has 0 atom stereocenters. The van der Waals surface area contributed by atoms with Crippen LogP contribution in [0.3, 0.4) is 0 Å². The summed E-state index contributed by atoms with van der Waals surface area (Å²) in [6, 6.07) is 9.65. The van der Waals surface area contributed by atoms with Crippen LogP contribution in [0.4, 0.5) is 5.69 Å². The third-order valence-corrected chi connectivity index (χ3v) is 4.73. The lowest BCUT2D eigenvalue weighted by atomic mass is 10.1. The van der Waals surface area contributed by atoms with Gasteiger partial charge in [0.2, 0.25) is 5.91 Å². The molecule has 2 aromatic rings. The maximum absolute atomic E-state index is 12.2. The van der Waals surface area contributed by atoms with Gasteiger partial charge in [0.05, 0.1) is 13.2 Å². The highest BCUT2D eigenvalue weighted by Crippen LogP contribution is 2.23.